The smallest absolute Gasteiger partial charge is 0.207 e. The number of hydrogen-bond acceptors (Lipinski definition) is 4. The summed E-state index contributed by atoms with van der Waals surface area (Å²) in [4.78, 5) is 14.7. The molecule has 5 heteroatoms. The molecule has 0 atom stereocenters. The molecule has 0 radical (unpaired) electrons. The Labute approximate surface area is 317 Å². The van der Waals surface area contributed by atoms with Crippen LogP contribution >= 0.6 is 0 Å². The lowest BCUT2D eigenvalue weighted by Gasteiger charge is -2.27. The predicted molar refractivity (Wildman–Crippen MR) is 222 cm³/mol. The van der Waals surface area contributed by atoms with Crippen molar-refractivity contribution in [2.24, 2.45) is 0 Å². The number of allylic oxidation sites excluding steroid dienone is 8. The lowest BCUT2D eigenvalue weighted by molar-refractivity contribution is -0.560. The molecule has 5 nitrogen and oxygen atoms in total. The van der Waals surface area contributed by atoms with Gasteiger partial charge in [0.2, 0.25) is 5.71 Å². The maximum atomic E-state index is 4.82. The number of fused-ring (bicyclic) bond motifs is 2. The maximum Gasteiger partial charge on any atom is 0.207 e. The molecule has 0 bridgehead atoms. The van der Waals surface area contributed by atoms with Crippen LogP contribution in [0.2, 0.25) is 0 Å². The van der Waals surface area contributed by atoms with Crippen molar-refractivity contribution in [3.05, 3.63) is 167 Å². The molecule has 4 aromatic rings. The summed E-state index contributed by atoms with van der Waals surface area (Å²) in [6.45, 7) is 17.5. The van der Waals surface area contributed by atoms with E-state index in [2.05, 4.69) is 153 Å². The minimum absolute atomic E-state index is 0.0891. The van der Waals surface area contributed by atoms with E-state index >= 15 is 0 Å². The third-order valence-electron chi connectivity index (χ3n) is 11.4. The first-order chi connectivity index (χ1) is 25.7. The SMILES string of the molecule is CCCN1/C(=C\C=C2/CCC/C(=C\C=C3\N(CCC)c4ccccc4C3(C)C)C2=[N+](Cc2ccccn2)Cc2ccccn2)C(C)(C)c2ccccc21. The van der Waals surface area contributed by atoms with Gasteiger partial charge in [-0.15, -0.1) is 0 Å². The first kappa shape index (κ1) is 36.3. The summed E-state index contributed by atoms with van der Waals surface area (Å²) < 4.78 is 2.54. The summed E-state index contributed by atoms with van der Waals surface area (Å²) in [7, 11) is 0. The highest BCUT2D eigenvalue weighted by Gasteiger charge is 2.41. The van der Waals surface area contributed by atoms with Crippen LogP contribution in [-0.2, 0) is 23.9 Å². The number of benzene rings is 2. The Balaban J connectivity index is 1.41. The molecule has 2 aliphatic heterocycles. The van der Waals surface area contributed by atoms with Gasteiger partial charge >= 0.3 is 0 Å². The van der Waals surface area contributed by atoms with E-state index in [1.54, 1.807) is 0 Å². The topological polar surface area (TPSA) is 35.3 Å². The molecule has 2 aromatic carbocycles. The molecule has 1 aliphatic carbocycles. The number of hydrogen-bond donors (Lipinski definition) is 0. The third kappa shape index (κ3) is 7.19. The summed E-state index contributed by atoms with van der Waals surface area (Å²) in [5.74, 6) is 0. The van der Waals surface area contributed by atoms with E-state index in [1.807, 2.05) is 24.5 Å². The minimum Gasteiger partial charge on any atom is -0.344 e. The zero-order valence-electron chi connectivity index (χ0n) is 32.6. The number of para-hydroxylation sites is 2. The molecule has 7 rings (SSSR count). The minimum atomic E-state index is -0.0891. The average molecular weight is 703 g/mol. The molecule has 0 amide bonds. The Kier molecular flexibility index (Phi) is 10.6. The van der Waals surface area contributed by atoms with E-state index < -0.39 is 0 Å². The summed E-state index contributed by atoms with van der Waals surface area (Å²) in [6, 6.07) is 30.4. The zero-order chi connectivity index (χ0) is 37.0. The second kappa shape index (κ2) is 15.5. The van der Waals surface area contributed by atoms with Gasteiger partial charge in [0.15, 0.2) is 13.1 Å². The van der Waals surface area contributed by atoms with E-state index in [1.165, 1.54) is 50.8 Å². The lowest BCUT2D eigenvalue weighted by Crippen LogP contribution is -2.29. The standard InChI is InChI=1S/C48H56N5/c1-7-32-52-42-24-11-9-22-40(42)47(3,4)44(52)28-26-36-18-17-19-37(27-29-45-48(5,6)41-23-10-12-25-43(41)53(45)33-8-2)46(36)51(34-38-20-13-15-30-49-38)35-39-21-14-16-31-50-39/h9-16,20-31H,7-8,17-19,32-35H2,1-6H3/q+1. The second-order valence-electron chi connectivity index (χ2n) is 15.8. The lowest BCUT2D eigenvalue weighted by atomic mass is 9.82. The van der Waals surface area contributed by atoms with Gasteiger partial charge < -0.3 is 9.80 Å². The molecular weight excluding hydrogens is 647 g/mol. The summed E-state index contributed by atoms with van der Waals surface area (Å²) in [6.07, 6.45) is 18.9. The molecule has 3 aliphatic rings. The van der Waals surface area contributed by atoms with Gasteiger partial charge in [-0.1, -0.05) is 102 Å². The molecule has 53 heavy (non-hydrogen) atoms. The fraction of sp³-hybridized carbons (Fsp3) is 0.354. The van der Waals surface area contributed by atoms with E-state index in [9.17, 15) is 0 Å². The van der Waals surface area contributed by atoms with Crippen LogP contribution in [0, 0.1) is 0 Å². The highest BCUT2D eigenvalue weighted by molar-refractivity contribution is 6.10. The Bertz CT molecular complexity index is 1930. The summed E-state index contributed by atoms with van der Waals surface area (Å²) in [5, 5.41) is 0. The Morgan fingerprint density at radius 3 is 1.43 bits per heavy atom. The first-order valence-electron chi connectivity index (χ1n) is 19.7. The van der Waals surface area contributed by atoms with Gasteiger partial charge in [0.1, 0.15) is 11.4 Å². The van der Waals surface area contributed by atoms with Crippen molar-refractivity contribution >= 4 is 17.1 Å². The van der Waals surface area contributed by atoms with Gasteiger partial charge in [0, 0.05) is 70.2 Å². The van der Waals surface area contributed by atoms with E-state index in [0.717, 1.165) is 56.6 Å². The van der Waals surface area contributed by atoms with E-state index in [4.69, 9.17) is 9.97 Å². The second-order valence-corrected chi connectivity index (χ2v) is 15.8. The third-order valence-corrected chi connectivity index (χ3v) is 11.4. The largest absolute Gasteiger partial charge is 0.344 e. The van der Waals surface area contributed by atoms with Crippen LogP contribution in [0.4, 0.5) is 11.4 Å². The molecule has 0 N–H and O–H groups in total. The van der Waals surface area contributed by atoms with E-state index in [-0.39, 0.29) is 10.8 Å². The van der Waals surface area contributed by atoms with Crippen molar-refractivity contribution in [2.45, 2.75) is 97.6 Å². The highest BCUT2D eigenvalue weighted by Crippen LogP contribution is 2.49. The van der Waals surface area contributed by atoms with Crippen molar-refractivity contribution in [1.82, 2.24) is 9.97 Å². The Morgan fingerprint density at radius 2 is 1.02 bits per heavy atom. The van der Waals surface area contributed by atoms with Crippen LogP contribution in [-0.4, -0.2) is 33.3 Å². The highest BCUT2D eigenvalue weighted by atomic mass is 15.2. The number of nitrogens with zero attached hydrogens (tertiary/aromatic N) is 5. The molecule has 272 valence electrons. The molecule has 1 fully saturated rings. The van der Waals surface area contributed by atoms with Crippen LogP contribution in [0.5, 0.6) is 0 Å². The van der Waals surface area contributed by atoms with Crippen LogP contribution in [0.3, 0.4) is 0 Å². The van der Waals surface area contributed by atoms with Crippen molar-refractivity contribution in [3.63, 3.8) is 0 Å². The molecular formula is C48H56N5+. The quantitative estimate of drug-likeness (QED) is 0.154. The van der Waals surface area contributed by atoms with Crippen LogP contribution in [0.1, 0.15) is 96.2 Å². The van der Waals surface area contributed by atoms with Crippen LogP contribution in [0.25, 0.3) is 0 Å². The van der Waals surface area contributed by atoms with Crippen molar-refractivity contribution in [2.75, 3.05) is 22.9 Å². The van der Waals surface area contributed by atoms with Gasteiger partial charge in [-0.05, 0) is 91.8 Å². The average Bonchev–Trinajstić information content (AvgIpc) is 3.52. The monoisotopic (exact) mass is 702 g/mol. The molecule has 1 saturated carbocycles. The summed E-state index contributed by atoms with van der Waals surface area (Å²) in [5.41, 5.74) is 14.2. The van der Waals surface area contributed by atoms with Gasteiger partial charge in [-0.25, -0.2) is 4.58 Å². The van der Waals surface area contributed by atoms with Crippen LogP contribution in [0.15, 0.2) is 144 Å². The molecule has 0 spiro atoms. The molecule has 0 unspecified atom stereocenters. The number of rotatable bonds is 10. The van der Waals surface area contributed by atoms with Crippen molar-refractivity contribution < 1.29 is 4.58 Å². The number of aromatic nitrogens is 2. The van der Waals surface area contributed by atoms with Crippen LogP contribution < -0.4 is 9.80 Å². The van der Waals surface area contributed by atoms with Gasteiger partial charge in [-0.3, -0.25) is 9.97 Å². The van der Waals surface area contributed by atoms with Gasteiger partial charge in [0.25, 0.3) is 0 Å². The maximum absolute atomic E-state index is 4.82. The fourth-order valence-electron chi connectivity index (χ4n) is 8.80. The number of pyridine rings is 2. The van der Waals surface area contributed by atoms with E-state index in [0.29, 0.717) is 13.1 Å². The Morgan fingerprint density at radius 1 is 0.585 bits per heavy atom. The van der Waals surface area contributed by atoms with Crippen molar-refractivity contribution in [3.8, 4) is 0 Å². The zero-order valence-corrected chi connectivity index (χ0v) is 32.6. The fourth-order valence-corrected chi connectivity index (χ4v) is 8.80. The molecule has 2 aromatic heterocycles. The predicted octanol–water partition coefficient (Wildman–Crippen LogP) is 10.9. The van der Waals surface area contributed by atoms with Crippen molar-refractivity contribution in [1.29, 1.82) is 0 Å². The first-order valence-corrected chi connectivity index (χ1v) is 19.7. The Hall–Kier alpha value is -5.03. The normalized spacial score (nSPS) is 20.5. The van der Waals surface area contributed by atoms with Gasteiger partial charge in [-0.2, -0.15) is 0 Å². The number of anilines is 2. The molecule has 4 heterocycles. The molecule has 0 saturated heterocycles. The van der Waals surface area contributed by atoms with Gasteiger partial charge in [0.05, 0.1) is 0 Å². The summed E-state index contributed by atoms with van der Waals surface area (Å²) >= 11 is 0.